The molecule has 1 aromatic rings. The van der Waals surface area contributed by atoms with Crippen LogP contribution in [0.1, 0.15) is 0 Å². The molecule has 0 aliphatic rings. The molecule has 0 saturated heterocycles. The highest BCUT2D eigenvalue weighted by Crippen LogP contribution is 1.81. The van der Waals surface area contributed by atoms with Crippen LogP contribution in [-0.4, -0.2) is 27.5 Å². The number of aromatic amines is 1. The van der Waals surface area contributed by atoms with Crippen molar-refractivity contribution in [1.82, 2.24) is 9.78 Å². The Bertz CT molecular complexity index is 381. The van der Waals surface area contributed by atoms with Gasteiger partial charge in [0.25, 0.3) is 11.1 Å². The Kier molecular flexibility index (Phi) is 2.99. The van der Waals surface area contributed by atoms with E-state index in [9.17, 15) is 9.59 Å². The molecule has 0 bridgehead atoms. The lowest BCUT2D eigenvalue weighted by Crippen LogP contribution is -2.35. The first-order chi connectivity index (χ1) is 6.13. The van der Waals surface area contributed by atoms with Gasteiger partial charge in [-0.3, -0.25) is 14.7 Å². The molecule has 1 heterocycles. The van der Waals surface area contributed by atoms with Crippen molar-refractivity contribution < 1.29 is 5.11 Å². The second-order valence-electron chi connectivity index (χ2n) is 2.65. The smallest absolute Gasteiger partial charge is 0.265 e. The molecule has 0 radical (unpaired) electrons. The molecule has 6 nitrogen and oxygen atoms in total. The summed E-state index contributed by atoms with van der Waals surface area (Å²) < 4.78 is 1.03. The van der Waals surface area contributed by atoms with Crippen LogP contribution in [0.2, 0.25) is 0 Å². The van der Waals surface area contributed by atoms with Gasteiger partial charge in [-0.2, -0.15) is 0 Å². The van der Waals surface area contributed by atoms with Gasteiger partial charge in [0, 0.05) is 18.7 Å². The highest BCUT2D eigenvalue weighted by molar-refractivity contribution is 4.86. The number of hydrogen-bond acceptors (Lipinski definition) is 4. The van der Waals surface area contributed by atoms with E-state index >= 15 is 0 Å². The molecule has 1 aromatic heterocycles. The molecular formula is C7H11N3O3. The molecule has 0 amide bonds. The van der Waals surface area contributed by atoms with Gasteiger partial charge in [0.05, 0.1) is 12.6 Å². The van der Waals surface area contributed by atoms with E-state index in [-0.39, 0.29) is 24.2 Å². The summed E-state index contributed by atoms with van der Waals surface area (Å²) in [6, 6.07) is 2.27. The molecule has 4 N–H and O–H groups in total. The SMILES string of the molecule is NC[C@@H](O)Cn1[nH]c(=O)ccc1=O. The third-order valence-corrected chi connectivity index (χ3v) is 1.55. The zero-order valence-electron chi connectivity index (χ0n) is 6.93. The molecule has 0 aromatic carbocycles. The number of nitrogens with zero attached hydrogens (tertiary/aromatic N) is 1. The summed E-state index contributed by atoms with van der Waals surface area (Å²) in [5.41, 5.74) is 4.40. The molecule has 13 heavy (non-hydrogen) atoms. The average Bonchev–Trinajstić information content (AvgIpc) is 2.11. The maximum absolute atomic E-state index is 11.1. The summed E-state index contributed by atoms with van der Waals surface area (Å²) in [5, 5.41) is 11.4. The fourth-order valence-electron chi connectivity index (χ4n) is 0.883. The Morgan fingerprint density at radius 1 is 1.54 bits per heavy atom. The van der Waals surface area contributed by atoms with Crippen molar-refractivity contribution >= 4 is 0 Å². The summed E-state index contributed by atoms with van der Waals surface area (Å²) >= 11 is 0. The molecule has 6 heteroatoms. The number of nitrogens with one attached hydrogen (secondary N) is 1. The second-order valence-corrected chi connectivity index (χ2v) is 2.65. The first-order valence-corrected chi connectivity index (χ1v) is 3.82. The minimum atomic E-state index is -0.823. The van der Waals surface area contributed by atoms with Crippen LogP contribution < -0.4 is 16.9 Å². The van der Waals surface area contributed by atoms with E-state index in [2.05, 4.69) is 5.10 Å². The number of hydrogen-bond donors (Lipinski definition) is 3. The van der Waals surface area contributed by atoms with E-state index in [1.807, 2.05) is 0 Å². The first-order valence-electron chi connectivity index (χ1n) is 3.82. The number of H-pyrrole nitrogens is 1. The van der Waals surface area contributed by atoms with Crippen molar-refractivity contribution in [2.45, 2.75) is 12.6 Å². The second kappa shape index (κ2) is 4.01. The maximum Gasteiger partial charge on any atom is 0.265 e. The van der Waals surface area contributed by atoms with Crippen LogP contribution in [0.25, 0.3) is 0 Å². The minimum absolute atomic E-state index is 0.00537. The van der Waals surface area contributed by atoms with Crippen molar-refractivity contribution in [1.29, 1.82) is 0 Å². The lowest BCUT2D eigenvalue weighted by Gasteiger charge is -2.08. The standard InChI is InChI=1S/C7H11N3O3/c8-3-5(11)4-10-7(13)2-1-6(12)9-10/h1-2,5,11H,3-4,8H2,(H,9,12)/t5-/m1/s1. The fourth-order valence-corrected chi connectivity index (χ4v) is 0.883. The third-order valence-electron chi connectivity index (χ3n) is 1.55. The van der Waals surface area contributed by atoms with Gasteiger partial charge in [0.2, 0.25) is 0 Å². The summed E-state index contributed by atoms with van der Waals surface area (Å²) in [6.07, 6.45) is -0.823. The molecular weight excluding hydrogens is 174 g/mol. The van der Waals surface area contributed by atoms with Crippen molar-refractivity contribution in [3.8, 4) is 0 Å². The Morgan fingerprint density at radius 3 is 2.85 bits per heavy atom. The van der Waals surface area contributed by atoms with Gasteiger partial charge in [0.15, 0.2) is 0 Å². The molecule has 0 aliphatic heterocycles. The quantitative estimate of drug-likeness (QED) is 0.500. The summed E-state index contributed by atoms with van der Waals surface area (Å²) in [7, 11) is 0. The molecule has 0 aliphatic carbocycles. The fraction of sp³-hybridized carbons (Fsp3) is 0.429. The van der Waals surface area contributed by atoms with Gasteiger partial charge in [-0.05, 0) is 0 Å². The first kappa shape index (κ1) is 9.69. The van der Waals surface area contributed by atoms with Crippen molar-refractivity contribution in [2.24, 2.45) is 5.73 Å². The Hall–Kier alpha value is -1.40. The van der Waals surface area contributed by atoms with Gasteiger partial charge in [-0.1, -0.05) is 0 Å². The average molecular weight is 185 g/mol. The van der Waals surface area contributed by atoms with Crippen molar-refractivity contribution in [2.75, 3.05) is 6.54 Å². The predicted octanol–water partition coefficient (Wildman–Crippen LogP) is -2.14. The summed E-state index contributed by atoms with van der Waals surface area (Å²) in [6.45, 7) is 0.0504. The van der Waals surface area contributed by atoms with Crippen LogP contribution in [0.5, 0.6) is 0 Å². The van der Waals surface area contributed by atoms with Crippen LogP contribution in [0, 0.1) is 0 Å². The number of aromatic nitrogens is 2. The van der Waals surface area contributed by atoms with E-state index in [1.54, 1.807) is 0 Å². The van der Waals surface area contributed by atoms with Gasteiger partial charge < -0.3 is 10.8 Å². The molecule has 0 saturated carbocycles. The highest BCUT2D eigenvalue weighted by Gasteiger charge is 2.03. The topological polar surface area (TPSA) is 101 Å². The zero-order chi connectivity index (χ0) is 9.84. The Labute approximate surface area is 73.6 Å². The molecule has 1 atom stereocenters. The lowest BCUT2D eigenvalue weighted by molar-refractivity contribution is 0.154. The molecule has 0 unspecified atom stereocenters. The van der Waals surface area contributed by atoms with Crippen LogP contribution >= 0.6 is 0 Å². The van der Waals surface area contributed by atoms with Crippen LogP contribution in [0.3, 0.4) is 0 Å². The summed E-state index contributed by atoms with van der Waals surface area (Å²) in [4.78, 5) is 21.8. The number of aliphatic hydroxyl groups is 1. The maximum atomic E-state index is 11.1. The van der Waals surface area contributed by atoms with Gasteiger partial charge in [0.1, 0.15) is 0 Å². The van der Waals surface area contributed by atoms with E-state index in [0.29, 0.717) is 0 Å². The van der Waals surface area contributed by atoms with Crippen LogP contribution in [-0.2, 0) is 6.54 Å². The highest BCUT2D eigenvalue weighted by atomic mass is 16.3. The molecule has 0 spiro atoms. The Balaban J connectivity index is 2.94. The van der Waals surface area contributed by atoms with E-state index in [4.69, 9.17) is 10.8 Å². The lowest BCUT2D eigenvalue weighted by atomic mass is 10.3. The van der Waals surface area contributed by atoms with E-state index in [0.717, 1.165) is 16.8 Å². The normalized spacial score (nSPS) is 12.8. The predicted molar refractivity (Wildman–Crippen MR) is 46.4 cm³/mol. The van der Waals surface area contributed by atoms with Crippen molar-refractivity contribution in [3.05, 3.63) is 32.8 Å². The van der Waals surface area contributed by atoms with E-state index < -0.39 is 6.10 Å². The number of aliphatic hydroxyl groups excluding tert-OH is 1. The van der Waals surface area contributed by atoms with Crippen molar-refractivity contribution in [3.63, 3.8) is 0 Å². The molecule has 72 valence electrons. The largest absolute Gasteiger partial charge is 0.390 e. The van der Waals surface area contributed by atoms with Crippen LogP contribution in [0.15, 0.2) is 21.7 Å². The number of rotatable bonds is 3. The monoisotopic (exact) mass is 185 g/mol. The minimum Gasteiger partial charge on any atom is -0.390 e. The van der Waals surface area contributed by atoms with Gasteiger partial charge in [-0.25, -0.2) is 4.68 Å². The third kappa shape index (κ3) is 2.53. The summed E-state index contributed by atoms with van der Waals surface area (Å²) in [5.74, 6) is 0. The van der Waals surface area contributed by atoms with Gasteiger partial charge in [-0.15, -0.1) is 0 Å². The number of nitrogens with two attached hydrogens (primary N) is 1. The van der Waals surface area contributed by atoms with Gasteiger partial charge >= 0.3 is 0 Å². The van der Waals surface area contributed by atoms with E-state index in [1.165, 1.54) is 0 Å². The molecule has 1 rings (SSSR count). The zero-order valence-corrected chi connectivity index (χ0v) is 6.93. The Morgan fingerprint density at radius 2 is 2.23 bits per heavy atom. The van der Waals surface area contributed by atoms with Crippen LogP contribution in [0.4, 0.5) is 0 Å². The molecule has 0 fully saturated rings.